The van der Waals surface area contributed by atoms with Crippen LogP contribution in [0, 0.1) is 11.8 Å². The van der Waals surface area contributed by atoms with Crippen molar-refractivity contribution in [3.05, 3.63) is 34.3 Å². The summed E-state index contributed by atoms with van der Waals surface area (Å²) in [4.78, 5) is 0. The van der Waals surface area contributed by atoms with Crippen molar-refractivity contribution in [1.29, 1.82) is 0 Å². The zero-order valence-electron chi connectivity index (χ0n) is 10.5. The largest absolute Gasteiger partial charge is 0.348 e. The number of benzene rings is 1. The van der Waals surface area contributed by atoms with E-state index in [9.17, 15) is 0 Å². The molecule has 1 aliphatic carbocycles. The van der Waals surface area contributed by atoms with Gasteiger partial charge in [0.2, 0.25) is 0 Å². The Bertz CT molecular complexity index is 376. The quantitative estimate of drug-likeness (QED) is 0.810. The van der Waals surface area contributed by atoms with E-state index in [1.54, 1.807) is 0 Å². The summed E-state index contributed by atoms with van der Waals surface area (Å²) in [6.07, 6.45) is 5.32. The lowest BCUT2D eigenvalue weighted by molar-refractivity contribution is -0.212. The fraction of sp³-hybridized carbons (Fsp3) is 0.600. The van der Waals surface area contributed by atoms with Crippen LogP contribution in [0.15, 0.2) is 28.7 Å². The van der Waals surface area contributed by atoms with E-state index < -0.39 is 0 Å². The summed E-state index contributed by atoms with van der Waals surface area (Å²) < 4.78 is 12.9. The predicted octanol–water partition coefficient (Wildman–Crippen LogP) is 4.30. The molecule has 1 aromatic rings. The van der Waals surface area contributed by atoms with E-state index in [0.29, 0.717) is 5.92 Å². The van der Waals surface area contributed by atoms with E-state index in [1.165, 1.54) is 25.7 Å². The van der Waals surface area contributed by atoms with Crippen molar-refractivity contribution in [3.8, 4) is 0 Å². The number of halogens is 1. The van der Waals surface area contributed by atoms with E-state index >= 15 is 0 Å². The van der Waals surface area contributed by atoms with Crippen LogP contribution < -0.4 is 0 Å². The molecule has 1 saturated heterocycles. The average molecular weight is 311 g/mol. The highest BCUT2D eigenvalue weighted by Gasteiger charge is 2.30. The van der Waals surface area contributed by atoms with Crippen molar-refractivity contribution in [2.75, 3.05) is 13.2 Å². The minimum absolute atomic E-state index is 0.171. The van der Waals surface area contributed by atoms with Crippen molar-refractivity contribution in [2.45, 2.75) is 32.0 Å². The van der Waals surface area contributed by atoms with Crippen LogP contribution in [0.2, 0.25) is 0 Å². The molecule has 1 heterocycles. The molecular weight excluding hydrogens is 292 g/mol. The van der Waals surface area contributed by atoms with Crippen molar-refractivity contribution in [2.24, 2.45) is 11.8 Å². The van der Waals surface area contributed by atoms with Gasteiger partial charge in [-0.3, -0.25) is 0 Å². The van der Waals surface area contributed by atoms with Crippen LogP contribution in [-0.4, -0.2) is 13.2 Å². The Morgan fingerprint density at radius 1 is 0.889 bits per heavy atom. The first-order valence-electron chi connectivity index (χ1n) is 6.81. The molecule has 3 rings (SSSR count). The Kier molecular flexibility index (Phi) is 4.02. The Balaban J connectivity index is 1.57. The summed E-state index contributed by atoms with van der Waals surface area (Å²) in [6, 6.07) is 8.19. The van der Waals surface area contributed by atoms with Crippen molar-refractivity contribution >= 4 is 15.9 Å². The zero-order chi connectivity index (χ0) is 12.4. The molecule has 0 unspecified atom stereocenters. The van der Waals surface area contributed by atoms with E-state index in [1.807, 2.05) is 12.1 Å². The second kappa shape index (κ2) is 5.72. The van der Waals surface area contributed by atoms with Gasteiger partial charge in [-0.25, -0.2) is 0 Å². The lowest BCUT2D eigenvalue weighted by atomic mass is 9.92. The molecule has 0 N–H and O–H groups in total. The van der Waals surface area contributed by atoms with Crippen LogP contribution in [0.4, 0.5) is 0 Å². The van der Waals surface area contributed by atoms with Crippen LogP contribution in [0.5, 0.6) is 0 Å². The third kappa shape index (κ3) is 2.79. The maximum Gasteiger partial charge on any atom is 0.183 e. The summed E-state index contributed by atoms with van der Waals surface area (Å²) in [6.45, 7) is 1.71. The van der Waals surface area contributed by atoms with Gasteiger partial charge in [-0.05, 0) is 18.1 Å². The molecule has 2 aliphatic rings. The third-order valence-corrected chi connectivity index (χ3v) is 4.66. The number of hydrogen-bond acceptors (Lipinski definition) is 2. The molecule has 0 spiro atoms. The van der Waals surface area contributed by atoms with Crippen LogP contribution in [0.3, 0.4) is 0 Å². The Labute approximate surface area is 117 Å². The van der Waals surface area contributed by atoms with Gasteiger partial charge in [0, 0.05) is 16.0 Å². The molecule has 98 valence electrons. The molecule has 2 nitrogen and oxygen atoms in total. The molecule has 0 amide bonds. The van der Waals surface area contributed by atoms with Gasteiger partial charge in [0.15, 0.2) is 6.29 Å². The molecule has 0 bridgehead atoms. The standard InChI is InChI=1S/C15H19BrO2/c16-14-7-5-12(6-8-14)15-17-9-13(10-18-15)11-3-1-2-4-11/h5-8,11,13,15H,1-4,9-10H2. The first-order chi connectivity index (χ1) is 8.83. The lowest BCUT2D eigenvalue weighted by Crippen LogP contribution is -2.31. The molecule has 1 aromatic carbocycles. The van der Waals surface area contributed by atoms with Gasteiger partial charge in [-0.15, -0.1) is 0 Å². The van der Waals surface area contributed by atoms with Crippen molar-refractivity contribution < 1.29 is 9.47 Å². The van der Waals surface area contributed by atoms with E-state index in [2.05, 4.69) is 28.1 Å². The summed E-state index contributed by atoms with van der Waals surface area (Å²) in [5, 5.41) is 0. The highest BCUT2D eigenvalue weighted by Crippen LogP contribution is 2.36. The monoisotopic (exact) mass is 310 g/mol. The van der Waals surface area contributed by atoms with E-state index in [-0.39, 0.29) is 6.29 Å². The minimum atomic E-state index is -0.171. The molecule has 0 radical (unpaired) electrons. The first kappa shape index (κ1) is 12.6. The number of ether oxygens (including phenoxy) is 2. The zero-order valence-corrected chi connectivity index (χ0v) is 12.1. The summed E-state index contributed by atoms with van der Waals surface area (Å²) >= 11 is 3.44. The van der Waals surface area contributed by atoms with Gasteiger partial charge in [0.1, 0.15) is 0 Å². The number of rotatable bonds is 2. The Morgan fingerprint density at radius 2 is 1.50 bits per heavy atom. The second-order valence-electron chi connectivity index (χ2n) is 5.35. The van der Waals surface area contributed by atoms with Crippen LogP contribution in [0.25, 0.3) is 0 Å². The molecule has 0 atom stereocenters. The van der Waals surface area contributed by atoms with Crippen LogP contribution >= 0.6 is 15.9 Å². The normalized spacial score (nSPS) is 29.6. The van der Waals surface area contributed by atoms with Gasteiger partial charge in [0.25, 0.3) is 0 Å². The average Bonchev–Trinajstić information content (AvgIpc) is 2.94. The van der Waals surface area contributed by atoms with Gasteiger partial charge >= 0.3 is 0 Å². The molecule has 1 aliphatic heterocycles. The molecule has 18 heavy (non-hydrogen) atoms. The van der Waals surface area contributed by atoms with E-state index in [0.717, 1.165) is 29.2 Å². The van der Waals surface area contributed by atoms with Crippen LogP contribution in [-0.2, 0) is 9.47 Å². The Morgan fingerprint density at radius 3 is 2.11 bits per heavy atom. The molecular formula is C15H19BrO2. The fourth-order valence-corrected chi connectivity index (χ4v) is 3.30. The van der Waals surface area contributed by atoms with Crippen molar-refractivity contribution in [1.82, 2.24) is 0 Å². The smallest absolute Gasteiger partial charge is 0.183 e. The van der Waals surface area contributed by atoms with Gasteiger partial charge in [-0.2, -0.15) is 0 Å². The van der Waals surface area contributed by atoms with E-state index in [4.69, 9.17) is 9.47 Å². The van der Waals surface area contributed by atoms with Crippen LogP contribution in [0.1, 0.15) is 37.5 Å². The van der Waals surface area contributed by atoms with Gasteiger partial charge in [0.05, 0.1) is 13.2 Å². The highest BCUT2D eigenvalue weighted by atomic mass is 79.9. The fourth-order valence-electron chi connectivity index (χ4n) is 3.03. The Hall–Kier alpha value is -0.380. The maximum atomic E-state index is 5.89. The summed E-state index contributed by atoms with van der Waals surface area (Å²) in [7, 11) is 0. The predicted molar refractivity (Wildman–Crippen MR) is 74.2 cm³/mol. The highest BCUT2D eigenvalue weighted by molar-refractivity contribution is 9.10. The molecule has 3 heteroatoms. The van der Waals surface area contributed by atoms with Crippen molar-refractivity contribution in [3.63, 3.8) is 0 Å². The molecule has 0 aromatic heterocycles. The summed E-state index contributed by atoms with van der Waals surface area (Å²) in [5.41, 5.74) is 1.11. The summed E-state index contributed by atoms with van der Waals surface area (Å²) in [5.74, 6) is 1.44. The first-order valence-corrected chi connectivity index (χ1v) is 7.61. The van der Waals surface area contributed by atoms with Gasteiger partial charge < -0.3 is 9.47 Å². The second-order valence-corrected chi connectivity index (χ2v) is 6.27. The lowest BCUT2D eigenvalue weighted by Gasteiger charge is -2.32. The SMILES string of the molecule is Brc1ccc(C2OCC(C3CCCC3)CO2)cc1. The number of hydrogen-bond donors (Lipinski definition) is 0. The molecule has 2 fully saturated rings. The minimum Gasteiger partial charge on any atom is -0.348 e. The third-order valence-electron chi connectivity index (χ3n) is 4.13. The van der Waals surface area contributed by atoms with Gasteiger partial charge in [-0.1, -0.05) is 53.7 Å². The topological polar surface area (TPSA) is 18.5 Å². The maximum absolute atomic E-state index is 5.89. The molecule has 1 saturated carbocycles.